The van der Waals surface area contributed by atoms with Gasteiger partial charge in [0.15, 0.2) is 0 Å². The van der Waals surface area contributed by atoms with Gasteiger partial charge in [-0.25, -0.2) is 0 Å². The van der Waals surface area contributed by atoms with E-state index in [-0.39, 0.29) is 24.7 Å². The zero-order valence-corrected chi connectivity index (χ0v) is 15.4. The Hall–Kier alpha value is -2.51. The zero-order chi connectivity index (χ0) is 19.8. The van der Waals surface area contributed by atoms with Crippen molar-refractivity contribution < 1.29 is 15.0 Å². The lowest BCUT2D eigenvalue weighted by Crippen LogP contribution is -2.34. The van der Waals surface area contributed by atoms with Crippen molar-refractivity contribution in [3.63, 3.8) is 0 Å². The number of hydrogen-bond donors (Lipinski definition) is 5. The average Bonchev–Trinajstić information content (AvgIpc) is 2.55. The van der Waals surface area contributed by atoms with Crippen LogP contribution in [-0.4, -0.2) is 58.4 Å². The Kier molecular flexibility index (Phi) is 7.69. The first-order valence-electron chi connectivity index (χ1n) is 9.12. The molecule has 2 atom stereocenters. The number of hydrogen-bond acceptors (Lipinski definition) is 5. The summed E-state index contributed by atoms with van der Waals surface area (Å²) < 4.78 is 0. The molecule has 146 valence electrons. The molecule has 0 saturated carbocycles. The van der Waals surface area contributed by atoms with Gasteiger partial charge in [0.05, 0.1) is 12.6 Å². The van der Waals surface area contributed by atoms with E-state index >= 15 is 0 Å². The number of aliphatic carboxylic acids is 1. The van der Waals surface area contributed by atoms with Crippen LogP contribution in [0.3, 0.4) is 0 Å². The highest BCUT2D eigenvalue weighted by Crippen LogP contribution is 2.21. The van der Waals surface area contributed by atoms with E-state index in [4.69, 9.17) is 21.7 Å². The number of allylic oxidation sites excluding steroid dienone is 4. The molecule has 0 radical (unpaired) electrons. The van der Waals surface area contributed by atoms with Crippen LogP contribution in [-0.2, 0) is 4.79 Å². The van der Waals surface area contributed by atoms with E-state index in [1.165, 1.54) is 0 Å². The normalized spacial score (nSPS) is 25.9. The number of amidine groups is 1. The van der Waals surface area contributed by atoms with Gasteiger partial charge in [0.1, 0.15) is 5.84 Å². The molecule has 7 nitrogen and oxygen atoms in total. The predicted molar refractivity (Wildman–Crippen MR) is 106 cm³/mol. The van der Waals surface area contributed by atoms with E-state index in [0.29, 0.717) is 37.2 Å². The van der Waals surface area contributed by atoms with E-state index < -0.39 is 12.1 Å². The molecular formula is C20H28N4O3. The SMILES string of the molecule is N=C(N)C1=C/C=C/CC(C(=N)CC(O)CC2=CCN(CC(=O)O)CC2)/C=C\1. The summed E-state index contributed by atoms with van der Waals surface area (Å²) >= 11 is 0. The number of aliphatic hydroxyl groups is 1. The molecule has 0 saturated heterocycles. The second kappa shape index (κ2) is 9.99. The smallest absolute Gasteiger partial charge is 0.317 e. The Morgan fingerprint density at radius 2 is 2.19 bits per heavy atom. The van der Waals surface area contributed by atoms with Gasteiger partial charge in [0.2, 0.25) is 0 Å². The largest absolute Gasteiger partial charge is 0.480 e. The summed E-state index contributed by atoms with van der Waals surface area (Å²) in [6, 6.07) is 0. The van der Waals surface area contributed by atoms with Crippen molar-refractivity contribution in [1.29, 1.82) is 10.8 Å². The summed E-state index contributed by atoms with van der Waals surface area (Å²) in [6.45, 7) is 1.30. The number of carboxylic acid groups (broad SMARTS) is 1. The molecule has 0 spiro atoms. The fourth-order valence-electron chi connectivity index (χ4n) is 3.24. The Balaban J connectivity index is 1.86. The molecule has 1 heterocycles. The minimum atomic E-state index is -0.829. The van der Waals surface area contributed by atoms with E-state index in [1.807, 2.05) is 29.2 Å². The summed E-state index contributed by atoms with van der Waals surface area (Å²) in [5, 5.41) is 35.1. The molecule has 0 aromatic rings. The molecule has 0 aromatic carbocycles. The van der Waals surface area contributed by atoms with Gasteiger partial charge in [-0.05, 0) is 19.3 Å². The molecule has 0 amide bonds. The number of aliphatic hydroxyl groups excluding tert-OH is 1. The van der Waals surface area contributed by atoms with Crippen LogP contribution in [0.2, 0.25) is 0 Å². The molecule has 2 unspecified atom stereocenters. The lowest BCUT2D eigenvalue weighted by atomic mass is 9.90. The molecule has 6 N–H and O–H groups in total. The summed E-state index contributed by atoms with van der Waals surface area (Å²) in [5.74, 6) is -0.959. The van der Waals surface area contributed by atoms with Gasteiger partial charge >= 0.3 is 5.97 Å². The number of rotatable bonds is 8. The number of carbonyl (C=O) groups is 1. The van der Waals surface area contributed by atoms with Crippen molar-refractivity contribution in [3.05, 3.63) is 47.6 Å². The Labute approximate surface area is 159 Å². The van der Waals surface area contributed by atoms with Crippen LogP contribution >= 0.6 is 0 Å². The van der Waals surface area contributed by atoms with Crippen molar-refractivity contribution in [2.75, 3.05) is 19.6 Å². The number of nitrogens with one attached hydrogen (secondary N) is 2. The van der Waals surface area contributed by atoms with Crippen LogP contribution in [0.15, 0.2) is 47.6 Å². The zero-order valence-electron chi connectivity index (χ0n) is 15.4. The highest BCUT2D eigenvalue weighted by atomic mass is 16.4. The lowest BCUT2D eigenvalue weighted by Gasteiger charge is -2.26. The average molecular weight is 372 g/mol. The number of carboxylic acids is 1. The van der Waals surface area contributed by atoms with E-state index in [1.54, 1.807) is 12.2 Å². The third-order valence-corrected chi connectivity index (χ3v) is 4.77. The van der Waals surface area contributed by atoms with Gasteiger partial charge in [-0.2, -0.15) is 0 Å². The topological polar surface area (TPSA) is 134 Å². The quantitative estimate of drug-likeness (QED) is 0.252. The molecule has 0 aromatic heterocycles. The number of nitrogens with two attached hydrogens (primary N) is 1. The minimum Gasteiger partial charge on any atom is -0.480 e. The monoisotopic (exact) mass is 372 g/mol. The Morgan fingerprint density at radius 3 is 2.81 bits per heavy atom. The highest BCUT2D eigenvalue weighted by Gasteiger charge is 2.19. The standard InChI is InChI=1S/C20H28N4O3/c21-18(15-3-1-2-4-16(6-5-15)20(22)23)12-17(25)11-14-7-9-24(10-8-14)13-19(26)27/h1-2,4-7,15,17,21,25H,3,8-13H2,(H3,22,23)(H,26,27)/b2-1+,6-5-,16-4+,21-18?. The predicted octanol–water partition coefficient (Wildman–Crippen LogP) is 1.86. The summed E-state index contributed by atoms with van der Waals surface area (Å²) in [5.41, 5.74) is 7.71. The highest BCUT2D eigenvalue weighted by molar-refractivity contribution is 5.97. The van der Waals surface area contributed by atoms with E-state index in [2.05, 4.69) is 0 Å². The van der Waals surface area contributed by atoms with Gasteiger partial charge in [-0.3, -0.25) is 15.1 Å². The van der Waals surface area contributed by atoms with Gasteiger partial charge in [-0.15, -0.1) is 0 Å². The van der Waals surface area contributed by atoms with Crippen LogP contribution in [0.5, 0.6) is 0 Å². The molecule has 2 rings (SSSR count). The summed E-state index contributed by atoms with van der Waals surface area (Å²) in [7, 11) is 0. The van der Waals surface area contributed by atoms with Gasteiger partial charge in [0.25, 0.3) is 0 Å². The van der Waals surface area contributed by atoms with Crippen molar-refractivity contribution in [3.8, 4) is 0 Å². The molecule has 7 heteroatoms. The van der Waals surface area contributed by atoms with Crippen LogP contribution in [0, 0.1) is 16.7 Å². The molecule has 2 aliphatic rings. The molecular weight excluding hydrogens is 344 g/mol. The Bertz CT molecular complexity index is 706. The molecule has 1 aliphatic carbocycles. The third-order valence-electron chi connectivity index (χ3n) is 4.77. The maximum absolute atomic E-state index is 10.7. The number of nitrogens with zero attached hydrogens (tertiary/aromatic N) is 1. The van der Waals surface area contributed by atoms with Crippen LogP contribution in [0.1, 0.15) is 25.7 Å². The lowest BCUT2D eigenvalue weighted by molar-refractivity contribution is -0.138. The molecule has 1 aliphatic heterocycles. The van der Waals surface area contributed by atoms with E-state index in [0.717, 1.165) is 12.0 Å². The molecule has 27 heavy (non-hydrogen) atoms. The second-order valence-electron chi connectivity index (χ2n) is 6.99. The minimum absolute atomic E-state index is 0.00991. The maximum Gasteiger partial charge on any atom is 0.317 e. The first-order valence-corrected chi connectivity index (χ1v) is 9.12. The van der Waals surface area contributed by atoms with Crippen LogP contribution in [0.4, 0.5) is 0 Å². The second-order valence-corrected chi connectivity index (χ2v) is 6.99. The molecule has 0 fully saturated rings. The Morgan fingerprint density at radius 1 is 1.41 bits per heavy atom. The van der Waals surface area contributed by atoms with Crippen LogP contribution in [0.25, 0.3) is 0 Å². The summed E-state index contributed by atoms with van der Waals surface area (Å²) in [4.78, 5) is 12.6. The fourth-order valence-corrected chi connectivity index (χ4v) is 3.24. The van der Waals surface area contributed by atoms with Gasteiger partial charge < -0.3 is 21.4 Å². The van der Waals surface area contributed by atoms with Crippen LogP contribution < -0.4 is 5.73 Å². The van der Waals surface area contributed by atoms with Crippen molar-refractivity contribution in [1.82, 2.24) is 4.90 Å². The fraction of sp³-hybridized carbons (Fsp3) is 0.450. The maximum atomic E-state index is 10.7. The van der Waals surface area contributed by atoms with Crippen molar-refractivity contribution >= 4 is 17.5 Å². The first kappa shape index (κ1) is 20.8. The molecule has 0 bridgehead atoms. The third kappa shape index (κ3) is 6.96. The summed E-state index contributed by atoms with van der Waals surface area (Å²) in [6.07, 6.45) is 12.8. The van der Waals surface area contributed by atoms with Crippen molar-refractivity contribution in [2.24, 2.45) is 11.7 Å². The first-order chi connectivity index (χ1) is 12.8. The van der Waals surface area contributed by atoms with E-state index in [9.17, 15) is 9.90 Å². The van der Waals surface area contributed by atoms with Gasteiger partial charge in [-0.1, -0.05) is 42.0 Å². The van der Waals surface area contributed by atoms with Gasteiger partial charge in [0, 0.05) is 36.7 Å². The van der Waals surface area contributed by atoms with Crippen molar-refractivity contribution in [2.45, 2.75) is 31.8 Å².